The largest absolute Gasteiger partial charge is 0.493 e. The van der Waals surface area contributed by atoms with Gasteiger partial charge in [0.15, 0.2) is 16.7 Å². The first-order chi connectivity index (χ1) is 16.7. The second-order valence-corrected chi connectivity index (χ2v) is 9.29. The van der Waals surface area contributed by atoms with Gasteiger partial charge in [0.25, 0.3) is 0 Å². The van der Waals surface area contributed by atoms with Crippen molar-refractivity contribution in [1.29, 1.82) is 0 Å². The zero-order valence-corrected chi connectivity index (χ0v) is 21.0. The second kappa shape index (κ2) is 12.2. The maximum atomic E-state index is 5.92. The van der Waals surface area contributed by atoms with Crippen molar-refractivity contribution in [3.05, 3.63) is 59.7 Å². The summed E-state index contributed by atoms with van der Waals surface area (Å²) >= 11 is 1.67. The van der Waals surface area contributed by atoms with Gasteiger partial charge in [0.1, 0.15) is 5.82 Å². The summed E-state index contributed by atoms with van der Waals surface area (Å²) in [7, 11) is 3.75. The molecule has 0 bridgehead atoms. The maximum absolute atomic E-state index is 5.92. The average molecular weight is 484 g/mol. The zero-order valence-electron chi connectivity index (χ0n) is 20.1. The maximum Gasteiger partial charge on any atom is 0.191 e. The number of thioether (sulfide) groups is 1. The summed E-state index contributed by atoms with van der Waals surface area (Å²) in [4.78, 5) is 6.67. The summed E-state index contributed by atoms with van der Waals surface area (Å²) in [6, 6.07) is 12.1. The summed E-state index contributed by atoms with van der Waals surface area (Å²) in [6.45, 7) is 5.62. The molecule has 0 N–H and O–H groups in total. The summed E-state index contributed by atoms with van der Waals surface area (Å²) in [5.74, 6) is 3.22. The molecule has 1 fully saturated rings. The molecule has 182 valence electrons. The quantitative estimate of drug-likeness (QED) is 0.355. The number of aromatic nitrogens is 4. The van der Waals surface area contributed by atoms with Crippen molar-refractivity contribution in [3.63, 3.8) is 0 Å². The molecule has 1 aliphatic rings. The van der Waals surface area contributed by atoms with Gasteiger partial charge >= 0.3 is 0 Å². The minimum absolute atomic E-state index is 0.213. The number of hydrogen-bond donors (Lipinski definition) is 0. The highest BCUT2D eigenvalue weighted by Gasteiger charge is 2.22. The Hall–Kier alpha value is -2.62. The molecule has 9 heteroatoms. The van der Waals surface area contributed by atoms with Crippen LogP contribution in [0, 0.1) is 0 Å². The van der Waals surface area contributed by atoms with Crippen molar-refractivity contribution in [1.82, 2.24) is 24.6 Å². The first kappa shape index (κ1) is 24.5. The van der Waals surface area contributed by atoms with Crippen molar-refractivity contribution >= 4 is 11.8 Å². The Morgan fingerprint density at radius 1 is 1.18 bits per heavy atom. The van der Waals surface area contributed by atoms with Crippen LogP contribution in [0.3, 0.4) is 0 Å². The summed E-state index contributed by atoms with van der Waals surface area (Å²) < 4.78 is 19.3. The van der Waals surface area contributed by atoms with Crippen molar-refractivity contribution in [2.75, 3.05) is 27.4 Å². The Kier molecular flexibility index (Phi) is 8.79. The van der Waals surface area contributed by atoms with E-state index in [0.717, 1.165) is 72.0 Å². The van der Waals surface area contributed by atoms with Crippen LogP contribution in [-0.2, 0) is 30.1 Å². The third-order valence-corrected chi connectivity index (χ3v) is 6.67. The fraction of sp³-hybridized carbons (Fsp3) is 0.480. The molecule has 4 rings (SSSR count). The molecule has 2 aromatic heterocycles. The van der Waals surface area contributed by atoms with Crippen LogP contribution in [-0.4, -0.2) is 58.1 Å². The number of methoxy groups -OCH3 is 1. The predicted molar refractivity (Wildman–Crippen MR) is 132 cm³/mol. The summed E-state index contributed by atoms with van der Waals surface area (Å²) in [5, 5.41) is 9.99. The van der Waals surface area contributed by atoms with Crippen molar-refractivity contribution in [2.45, 2.75) is 56.4 Å². The van der Waals surface area contributed by atoms with E-state index in [4.69, 9.17) is 14.2 Å². The van der Waals surface area contributed by atoms with E-state index in [9.17, 15) is 0 Å². The van der Waals surface area contributed by atoms with Gasteiger partial charge in [-0.2, -0.15) is 0 Å². The first-order valence-corrected chi connectivity index (χ1v) is 12.7. The van der Waals surface area contributed by atoms with E-state index < -0.39 is 0 Å². The minimum atomic E-state index is 0.213. The Bertz CT molecular complexity index is 1040. The molecule has 0 unspecified atom stereocenters. The lowest BCUT2D eigenvalue weighted by Crippen LogP contribution is -2.23. The van der Waals surface area contributed by atoms with Gasteiger partial charge in [0, 0.05) is 25.1 Å². The Morgan fingerprint density at radius 3 is 2.82 bits per heavy atom. The number of ether oxygens (including phenoxy) is 3. The number of pyridine rings is 1. The standard InChI is InChI=1S/C25H33N5O3S/c1-4-32-23-14-19(10-11-22(23)31-3)15-29(2)17-24-27-28-25(30(24)16-21-9-7-13-33-21)34-18-20-8-5-6-12-26-20/h5-6,8,10-12,14,21H,4,7,9,13,15-18H2,1-3H3/t21-/m1/s1. The molecule has 0 radical (unpaired) electrons. The Labute approximate surface area is 205 Å². The number of hydrogen-bond acceptors (Lipinski definition) is 8. The van der Waals surface area contributed by atoms with Crippen LogP contribution in [0.25, 0.3) is 0 Å². The molecule has 0 aliphatic carbocycles. The molecule has 8 nitrogen and oxygen atoms in total. The third kappa shape index (κ3) is 6.49. The molecule has 1 aromatic carbocycles. The van der Waals surface area contributed by atoms with E-state index in [0.29, 0.717) is 13.2 Å². The van der Waals surface area contributed by atoms with Gasteiger partial charge in [0.05, 0.1) is 38.6 Å². The lowest BCUT2D eigenvalue weighted by Gasteiger charge is -2.20. The van der Waals surface area contributed by atoms with E-state index in [1.807, 2.05) is 43.5 Å². The summed E-state index contributed by atoms with van der Waals surface area (Å²) in [5.41, 5.74) is 2.18. The SMILES string of the molecule is CCOc1cc(CN(C)Cc2nnc(SCc3ccccn3)n2C[C@H]2CCCO2)ccc1OC. The van der Waals surface area contributed by atoms with E-state index >= 15 is 0 Å². The van der Waals surface area contributed by atoms with Gasteiger partial charge < -0.3 is 18.8 Å². The molecule has 34 heavy (non-hydrogen) atoms. The average Bonchev–Trinajstić information content (AvgIpc) is 3.49. The number of rotatable bonds is 12. The number of benzene rings is 1. The normalized spacial score (nSPS) is 15.7. The monoisotopic (exact) mass is 483 g/mol. The van der Waals surface area contributed by atoms with E-state index in [-0.39, 0.29) is 6.10 Å². The van der Waals surface area contributed by atoms with Crippen molar-refractivity contribution < 1.29 is 14.2 Å². The smallest absolute Gasteiger partial charge is 0.191 e. The summed E-state index contributed by atoms with van der Waals surface area (Å²) in [6.07, 6.45) is 4.22. The molecule has 0 saturated carbocycles. The highest BCUT2D eigenvalue weighted by atomic mass is 32.2. The van der Waals surface area contributed by atoms with Crippen molar-refractivity contribution in [3.8, 4) is 11.5 Å². The van der Waals surface area contributed by atoms with Gasteiger partial charge in [0.2, 0.25) is 0 Å². The van der Waals surface area contributed by atoms with Gasteiger partial charge in [-0.1, -0.05) is 23.9 Å². The van der Waals surface area contributed by atoms with Crippen LogP contribution in [0.4, 0.5) is 0 Å². The molecule has 1 saturated heterocycles. The molecular formula is C25H33N5O3S. The lowest BCUT2D eigenvalue weighted by atomic mass is 10.2. The molecule has 3 heterocycles. The zero-order chi connectivity index (χ0) is 23.8. The molecule has 3 aromatic rings. The highest BCUT2D eigenvalue weighted by molar-refractivity contribution is 7.98. The molecule has 0 amide bonds. The Morgan fingerprint density at radius 2 is 2.09 bits per heavy atom. The van der Waals surface area contributed by atoms with Crippen LogP contribution in [0.15, 0.2) is 47.8 Å². The van der Waals surface area contributed by atoms with E-state index in [1.54, 1.807) is 18.9 Å². The lowest BCUT2D eigenvalue weighted by molar-refractivity contribution is 0.0934. The minimum Gasteiger partial charge on any atom is -0.493 e. The fourth-order valence-corrected chi connectivity index (χ4v) is 4.92. The molecule has 1 atom stereocenters. The second-order valence-electron chi connectivity index (χ2n) is 8.34. The van der Waals surface area contributed by atoms with Crippen LogP contribution in [0.2, 0.25) is 0 Å². The third-order valence-electron chi connectivity index (χ3n) is 5.67. The van der Waals surface area contributed by atoms with Crippen LogP contribution >= 0.6 is 11.8 Å². The van der Waals surface area contributed by atoms with Crippen molar-refractivity contribution in [2.24, 2.45) is 0 Å². The van der Waals surface area contributed by atoms with Gasteiger partial charge in [-0.15, -0.1) is 10.2 Å². The van der Waals surface area contributed by atoms with Crippen LogP contribution < -0.4 is 9.47 Å². The molecule has 0 spiro atoms. The highest BCUT2D eigenvalue weighted by Crippen LogP contribution is 2.29. The topological polar surface area (TPSA) is 74.5 Å². The molecule has 1 aliphatic heterocycles. The molecular weight excluding hydrogens is 450 g/mol. The first-order valence-electron chi connectivity index (χ1n) is 11.7. The van der Waals surface area contributed by atoms with Gasteiger partial charge in [-0.05, 0) is 56.6 Å². The number of nitrogens with zero attached hydrogens (tertiary/aromatic N) is 5. The van der Waals surface area contributed by atoms with E-state index in [1.165, 1.54) is 0 Å². The van der Waals surface area contributed by atoms with Gasteiger partial charge in [-0.25, -0.2) is 0 Å². The van der Waals surface area contributed by atoms with Crippen LogP contribution in [0.1, 0.15) is 36.8 Å². The van der Waals surface area contributed by atoms with Crippen LogP contribution in [0.5, 0.6) is 11.5 Å². The van der Waals surface area contributed by atoms with E-state index in [2.05, 4.69) is 37.8 Å². The Balaban J connectivity index is 1.46. The predicted octanol–water partition coefficient (Wildman–Crippen LogP) is 4.18. The fourth-order valence-electron chi connectivity index (χ4n) is 4.04. The van der Waals surface area contributed by atoms with Gasteiger partial charge in [-0.3, -0.25) is 9.88 Å².